The Hall–Kier alpha value is -1.13. The molecule has 2 rings (SSSR count). The van der Waals surface area contributed by atoms with E-state index >= 15 is 0 Å². The van der Waals surface area contributed by atoms with Crippen LogP contribution in [-0.2, 0) is 0 Å². The van der Waals surface area contributed by atoms with E-state index in [0.717, 1.165) is 12.1 Å². The molecule has 0 aromatic heterocycles. The zero-order chi connectivity index (χ0) is 14.5. The highest BCUT2D eigenvalue weighted by Gasteiger charge is 2.18. The van der Waals surface area contributed by atoms with E-state index in [1.165, 1.54) is 33.0 Å². The Morgan fingerprint density at radius 2 is 2.00 bits per heavy atom. The van der Waals surface area contributed by atoms with Crippen molar-refractivity contribution >= 4 is 0 Å². The third-order valence-electron chi connectivity index (χ3n) is 4.16. The van der Waals surface area contributed by atoms with Gasteiger partial charge < -0.3 is 10.1 Å². The molecular formula is C16H25FN2O. The fourth-order valence-electron chi connectivity index (χ4n) is 2.73. The number of rotatable bonds is 6. The maximum absolute atomic E-state index is 13.7. The van der Waals surface area contributed by atoms with E-state index in [9.17, 15) is 4.39 Å². The number of nitrogens with zero attached hydrogens (tertiary/aromatic N) is 1. The summed E-state index contributed by atoms with van der Waals surface area (Å²) in [5.74, 6) is -0.00220. The molecule has 1 aromatic carbocycles. The molecule has 0 radical (unpaired) electrons. The van der Waals surface area contributed by atoms with Gasteiger partial charge in [-0.3, -0.25) is 4.90 Å². The van der Waals surface area contributed by atoms with Crippen molar-refractivity contribution in [2.75, 3.05) is 26.7 Å². The van der Waals surface area contributed by atoms with E-state index in [2.05, 4.69) is 24.1 Å². The van der Waals surface area contributed by atoms with Crippen LogP contribution in [0.3, 0.4) is 0 Å². The lowest BCUT2D eigenvalue weighted by molar-refractivity contribution is 0.247. The van der Waals surface area contributed by atoms with Gasteiger partial charge in [0.15, 0.2) is 11.6 Å². The highest BCUT2D eigenvalue weighted by Crippen LogP contribution is 2.22. The van der Waals surface area contributed by atoms with Gasteiger partial charge in [-0.25, -0.2) is 4.39 Å². The lowest BCUT2D eigenvalue weighted by atomic mass is 10.1. The van der Waals surface area contributed by atoms with Crippen molar-refractivity contribution in [3.8, 4) is 5.75 Å². The standard InChI is InChI=1S/C16H25FN2O/c1-12(19-8-4-5-9-19)11-18-13(2)14-6-7-16(20-3)15(17)10-14/h6-7,10,12-13,18H,4-5,8-9,11H2,1-3H3. The summed E-state index contributed by atoms with van der Waals surface area (Å²) in [4.78, 5) is 2.51. The van der Waals surface area contributed by atoms with Crippen LogP contribution in [0.2, 0.25) is 0 Å². The van der Waals surface area contributed by atoms with Crippen molar-refractivity contribution in [2.45, 2.75) is 38.8 Å². The molecule has 112 valence electrons. The van der Waals surface area contributed by atoms with Crippen LogP contribution in [0.15, 0.2) is 18.2 Å². The zero-order valence-electron chi connectivity index (χ0n) is 12.7. The largest absolute Gasteiger partial charge is 0.494 e. The van der Waals surface area contributed by atoms with Gasteiger partial charge in [0.25, 0.3) is 0 Å². The minimum Gasteiger partial charge on any atom is -0.494 e. The van der Waals surface area contributed by atoms with Crippen LogP contribution in [0.25, 0.3) is 0 Å². The highest BCUT2D eigenvalue weighted by molar-refractivity contribution is 5.30. The van der Waals surface area contributed by atoms with Gasteiger partial charge >= 0.3 is 0 Å². The monoisotopic (exact) mass is 280 g/mol. The fraction of sp³-hybridized carbons (Fsp3) is 0.625. The Balaban J connectivity index is 1.87. The summed E-state index contributed by atoms with van der Waals surface area (Å²) in [6.07, 6.45) is 2.62. The summed E-state index contributed by atoms with van der Waals surface area (Å²) in [7, 11) is 1.48. The van der Waals surface area contributed by atoms with Crippen LogP contribution in [0, 0.1) is 5.82 Å². The quantitative estimate of drug-likeness (QED) is 0.867. The van der Waals surface area contributed by atoms with E-state index in [1.807, 2.05) is 6.07 Å². The van der Waals surface area contributed by atoms with Gasteiger partial charge in [0.05, 0.1) is 7.11 Å². The number of nitrogens with one attached hydrogen (secondary N) is 1. The molecule has 3 nitrogen and oxygen atoms in total. The van der Waals surface area contributed by atoms with Crippen LogP contribution >= 0.6 is 0 Å². The topological polar surface area (TPSA) is 24.5 Å². The number of ether oxygens (including phenoxy) is 1. The Morgan fingerprint density at radius 1 is 1.30 bits per heavy atom. The lowest BCUT2D eigenvalue weighted by Gasteiger charge is -2.26. The minimum atomic E-state index is -0.300. The van der Waals surface area contributed by atoms with Gasteiger partial charge in [0.2, 0.25) is 0 Å². The molecule has 0 bridgehead atoms. The van der Waals surface area contributed by atoms with E-state index in [1.54, 1.807) is 12.1 Å². The third kappa shape index (κ3) is 3.70. The average molecular weight is 280 g/mol. The van der Waals surface area contributed by atoms with E-state index in [-0.39, 0.29) is 11.9 Å². The fourth-order valence-corrected chi connectivity index (χ4v) is 2.73. The Kier molecular flexibility index (Phi) is 5.38. The minimum absolute atomic E-state index is 0.139. The Morgan fingerprint density at radius 3 is 2.60 bits per heavy atom. The summed E-state index contributed by atoms with van der Waals surface area (Å²) in [6.45, 7) is 7.65. The first-order chi connectivity index (χ1) is 9.61. The highest BCUT2D eigenvalue weighted by atomic mass is 19.1. The molecule has 1 heterocycles. The van der Waals surface area contributed by atoms with E-state index in [4.69, 9.17) is 4.74 Å². The first-order valence-corrected chi connectivity index (χ1v) is 7.42. The summed E-state index contributed by atoms with van der Waals surface area (Å²) in [5.41, 5.74) is 0.955. The number of halogens is 1. The molecule has 4 heteroatoms. The molecule has 1 aromatic rings. The van der Waals surface area contributed by atoms with Crippen molar-refractivity contribution in [2.24, 2.45) is 0 Å². The summed E-state index contributed by atoms with van der Waals surface area (Å²) < 4.78 is 18.6. The van der Waals surface area contributed by atoms with Gasteiger partial charge in [-0.1, -0.05) is 6.07 Å². The first kappa shape index (κ1) is 15.3. The molecule has 1 N–H and O–H groups in total. The van der Waals surface area contributed by atoms with Crippen molar-refractivity contribution in [1.29, 1.82) is 0 Å². The van der Waals surface area contributed by atoms with Crippen molar-refractivity contribution in [3.05, 3.63) is 29.6 Å². The van der Waals surface area contributed by atoms with Crippen LogP contribution in [0.4, 0.5) is 4.39 Å². The molecule has 0 saturated carbocycles. The molecule has 1 fully saturated rings. The molecule has 0 spiro atoms. The number of methoxy groups -OCH3 is 1. The van der Waals surface area contributed by atoms with Crippen molar-refractivity contribution in [3.63, 3.8) is 0 Å². The summed E-state index contributed by atoms with van der Waals surface area (Å²) in [5, 5.41) is 3.49. The average Bonchev–Trinajstić information content (AvgIpc) is 2.98. The summed E-state index contributed by atoms with van der Waals surface area (Å²) >= 11 is 0. The van der Waals surface area contributed by atoms with Crippen LogP contribution in [-0.4, -0.2) is 37.7 Å². The summed E-state index contributed by atoms with van der Waals surface area (Å²) in [6, 6.07) is 5.83. The molecule has 2 unspecified atom stereocenters. The Bertz CT molecular complexity index is 432. The predicted molar refractivity (Wildman–Crippen MR) is 79.6 cm³/mol. The van der Waals surface area contributed by atoms with Gasteiger partial charge in [0.1, 0.15) is 0 Å². The SMILES string of the molecule is COc1ccc(C(C)NCC(C)N2CCCC2)cc1F. The zero-order valence-corrected chi connectivity index (χ0v) is 12.7. The normalized spacial score (nSPS) is 19.0. The number of likely N-dealkylation sites (tertiary alicyclic amines) is 1. The van der Waals surface area contributed by atoms with Crippen molar-refractivity contribution < 1.29 is 9.13 Å². The van der Waals surface area contributed by atoms with E-state index < -0.39 is 0 Å². The molecular weight excluding hydrogens is 255 g/mol. The maximum Gasteiger partial charge on any atom is 0.165 e. The molecule has 1 aliphatic rings. The predicted octanol–water partition coefficient (Wildman–Crippen LogP) is 2.97. The van der Waals surface area contributed by atoms with Crippen LogP contribution < -0.4 is 10.1 Å². The second-order valence-corrected chi connectivity index (χ2v) is 5.62. The van der Waals surface area contributed by atoms with Gasteiger partial charge in [-0.2, -0.15) is 0 Å². The van der Waals surface area contributed by atoms with E-state index in [0.29, 0.717) is 11.8 Å². The first-order valence-electron chi connectivity index (χ1n) is 7.42. The number of hydrogen-bond donors (Lipinski definition) is 1. The van der Waals surface area contributed by atoms with Crippen LogP contribution in [0.5, 0.6) is 5.75 Å². The molecule has 2 atom stereocenters. The van der Waals surface area contributed by atoms with Gasteiger partial charge in [0, 0.05) is 18.6 Å². The van der Waals surface area contributed by atoms with Gasteiger partial charge in [-0.15, -0.1) is 0 Å². The second-order valence-electron chi connectivity index (χ2n) is 5.62. The molecule has 1 saturated heterocycles. The molecule has 0 amide bonds. The number of hydrogen-bond acceptors (Lipinski definition) is 3. The van der Waals surface area contributed by atoms with Gasteiger partial charge in [-0.05, 0) is 57.5 Å². The smallest absolute Gasteiger partial charge is 0.165 e. The van der Waals surface area contributed by atoms with Crippen molar-refractivity contribution in [1.82, 2.24) is 10.2 Å². The second kappa shape index (κ2) is 7.04. The third-order valence-corrected chi connectivity index (χ3v) is 4.16. The molecule has 1 aliphatic heterocycles. The Labute approximate surface area is 121 Å². The molecule has 0 aliphatic carbocycles. The maximum atomic E-state index is 13.7. The lowest BCUT2D eigenvalue weighted by Crippen LogP contribution is -2.39. The van der Waals surface area contributed by atoms with Crippen LogP contribution in [0.1, 0.15) is 38.3 Å². The number of benzene rings is 1. The molecule has 20 heavy (non-hydrogen) atoms.